The molecule has 3 aliphatic heterocycles. The number of aliphatic hydroxyl groups is 1. The minimum Gasteiger partial charge on any atom is -0.508 e. The van der Waals surface area contributed by atoms with E-state index in [9.17, 15) is 19.0 Å². The van der Waals surface area contributed by atoms with Gasteiger partial charge in [-0.05, 0) is 73.2 Å². The average molecular weight is 638 g/mol. The first-order chi connectivity index (χ1) is 22.3. The molecule has 4 aromatic rings. The highest BCUT2D eigenvalue weighted by Crippen LogP contribution is 2.42. The summed E-state index contributed by atoms with van der Waals surface area (Å²) in [5, 5.41) is 21.6. The fraction of sp³-hybridized carbons (Fsp3) is 0.500. The summed E-state index contributed by atoms with van der Waals surface area (Å²) in [4.78, 5) is 17.9. The molecule has 2 N–H and O–H groups in total. The summed E-state index contributed by atoms with van der Waals surface area (Å²) in [6.45, 7) is 4.60. The van der Waals surface area contributed by atoms with Crippen LogP contribution in [0.2, 0.25) is 0 Å². The molecular weight excluding hydrogens is 599 g/mol. The molecule has 2 aromatic carbocycles. The second kappa shape index (κ2) is 12.5. The summed E-state index contributed by atoms with van der Waals surface area (Å²) < 4.78 is 58.4. The molecule has 46 heavy (non-hydrogen) atoms. The first kappa shape index (κ1) is 30.9. The van der Waals surface area contributed by atoms with E-state index in [1.807, 2.05) is 11.8 Å². The van der Waals surface area contributed by atoms with Crippen molar-refractivity contribution in [3.63, 3.8) is 0 Å². The molecule has 3 saturated heterocycles. The predicted octanol–water partition coefficient (Wildman–Crippen LogP) is 5.32. The number of aryl methyl sites for hydroxylation is 1. The molecule has 0 saturated carbocycles. The minimum atomic E-state index is -0.932. The van der Waals surface area contributed by atoms with E-state index in [0.717, 1.165) is 19.4 Å². The molecule has 2 aromatic heterocycles. The van der Waals surface area contributed by atoms with E-state index in [1.165, 1.54) is 24.4 Å². The Kier molecular flexibility index (Phi) is 8.37. The number of rotatable bonds is 8. The van der Waals surface area contributed by atoms with Crippen molar-refractivity contribution in [1.29, 1.82) is 0 Å². The Morgan fingerprint density at radius 1 is 1.13 bits per heavy atom. The number of aromatic hydroxyl groups is 1. The summed E-state index contributed by atoms with van der Waals surface area (Å²) in [7, 11) is 0. The molecule has 3 atom stereocenters. The fourth-order valence-corrected chi connectivity index (χ4v) is 7.60. The summed E-state index contributed by atoms with van der Waals surface area (Å²) in [6.07, 6.45) is 3.89. The van der Waals surface area contributed by atoms with Crippen LogP contribution in [0, 0.1) is 11.6 Å². The Balaban J connectivity index is 1.37. The highest BCUT2D eigenvalue weighted by molar-refractivity contribution is 6.01. The average Bonchev–Trinajstić information content (AvgIpc) is 3.46. The Labute approximate surface area is 265 Å². The largest absolute Gasteiger partial charge is 0.508 e. The van der Waals surface area contributed by atoms with Gasteiger partial charge in [0, 0.05) is 51.0 Å². The number of hydrogen-bond acceptors (Lipinski definition) is 9. The number of benzene rings is 2. The Morgan fingerprint density at radius 2 is 2.00 bits per heavy atom. The molecule has 0 radical (unpaired) electrons. The lowest BCUT2D eigenvalue weighted by molar-refractivity contribution is 0.0502. The van der Waals surface area contributed by atoms with Gasteiger partial charge in [-0.2, -0.15) is 9.97 Å². The molecule has 7 rings (SSSR count). The quantitative estimate of drug-likeness (QED) is 0.266. The zero-order valence-electron chi connectivity index (χ0n) is 25.8. The molecule has 9 nitrogen and oxygen atoms in total. The van der Waals surface area contributed by atoms with Gasteiger partial charge < -0.3 is 24.6 Å². The van der Waals surface area contributed by atoms with Gasteiger partial charge >= 0.3 is 6.01 Å². The second-order valence-corrected chi connectivity index (χ2v) is 12.7. The topological polar surface area (TPSA) is 104 Å². The number of ether oxygens (including phenoxy) is 2. The summed E-state index contributed by atoms with van der Waals surface area (Å²) in [6, 6.07) is 5.77. The standard InChI is InChI=1S/C34H38F3N5O4/c1-2-24-27(36)6-5-20-13-22(44)14-25(28(20)24)30-29(37)31-26(16-38-30)32(41-9-4-12-45-23(18-41)7-11-43)40-33(39-31)46-19-34-8-3-10-42(34)17-21(35)15-34/h5-6,13-14,16,21,23,43-44H,2-4,7-12,15,17-19H2,1H3/t21-,23+,34+/m1/s1. The molecule has 0 unspecified atom stereocenters. The zero-order chi connectivity index (χ0) is 32.0. The number of pyridine rings is 1. The van der Waals surface area contributed by atoms with Crippen LogP contribution in [-0.2, 0) is 11.2 Å². The highest BCUT2D eigenvalue weighted by atomic mass is 19.1. The molecule has 0 amide bonds. The molecule has 244 valence electrons. The molecule has 0 bridgehead atoms. The fourth-order valence-electron chi connectivity index (χ4n) is 7.60. The SMILES string of the molecule is CCc1c(F)ccc2cc(O)cc(-c3ncc4c(N5CCCO[C@@H](CCO)C5)nc(OC[C@@]56CCCN5C[C@H](F)C6)nc4c3F)c12. The first-order valence-corrected chi connectivity index (χ1v) is 16.1. The van der Waals surface area contributed by atoms with E-state index in [0.29, 0.717) is 79.5 Å². The number of hydrogen-bond donors (Lipinski definition) is 2. The van der Waals surface area contributed by atoms with Crippen molar-refractivity contribution >= 4 is 27.5 Å². The molecule has 3 fully saturated rings. The lowest BCUT2D eigenvalue weighted by Gasteiger charge is -2.31. The molecule has 12 heteroatoms. The lowest BCUT2D eigenvalue weighted by Crippen LogP contribution is -2.43. The van der Waals surface area contributed by atoms with E-state index in [1.54, 1.807) is 6.07 Å². The van der Waals surface area contributed by atoms with Gasteiger partial charge in [0.15, 0.2) is 5.82 Å². The van der Waals surface area contributed by atoms with Crippen LogP contribution in [0.15, 0.2) is 30.5 Å². The molecule has 3 aliphatic rings. The van der Waals surface area contributed by atoms with Gasteiger partial charge in [0.1, 0.15) is 41.4 Å². The van der Waals surface area contributed by atoms with Gasteiger partial charge in [-0.15, -0.1) is 0 Å². The van der Waals surface area contributed by atoms with Gasteiger partial charge in [0.25, 0.3) is 0 Å². The van der Waals surface area contributed by atoms with Gasteiger partial charge in [0.2, 0.25) is 0 Å². The maximum Gasteiger partial charge on any atom is 0.319 e. The van der Waals surface area contributed by atoms with Gasteiger partial charge in [-0.25, -0.2) is 13.2 Å². The van der Waals surface area contributed by atoms with Crippen LogP contribution < -0.4 is 9.64 Å². The van der Waals surface area contributed by atoms with E-state index < -0.39 is 23.3 Å². The van der Waals surface area contributed by atoms with Crippen LogP contribution in [0.3, 0.4) is 0 Å². The van der Waals surface area contributed by atoms with E-state index in [-0.39, 0.29) is 47.9 Å². The third-order valence-electron chi connectivity index (χ3n) is 9.74. The predicted molar refractivity (Wildman–Crippen MR) is 168 cm³/mol. The monoisotopic (exact) mass is 637 g/mol. The smallest absolute Gasteiger partial charge is 0.319 e. The van der Waals surface area contributed by atoms with Crippen LogP contribution in [0.4, 0.5) is 19.0 Å². The van der Waals surface area contributed by atoms with Crippen molar-refractivity contribution in [3.05, 3.63) is 47.7 Å². The summed E-state index contributed by atoms with van der Waals surface area (Å²) in [5.41, 5.74) is 0.0707. The van der Waals surface area contributed by atoms with Crippen LogP contribution in [0.25, 0.3) is 32.9 Å². The highest BCUT2D eigenvalue weighted by Gasteiger charge is 2.49. The molecule has 5 heterocycles. The number of nitrogens with zero attached hydrogens (tertiary/aromatic N) is 5. The van der Waals surface area contributed by atoms with E-state index in [2.05, 4.69) is 14.9 Å². The van der Waals surface area contributed by atoms with Crippen LogP contribution in [-0.4, -0.2) is 93.9 Å². The number of aromatic nitrogens is 3. The van der Waals surface area contributed by atoms with Gasteiger partial charge in [-0.3, -0.25) is 9.88 Å². The number of phenolic OH excluding ortho intramolecular Hbond substituents is 1. The number of aliphatic hydroxyl groups excluding tert-OH is 1. The number of halogens is 3. The third-order valence-corrected chi connectivity index (χ3v) is 9.74. The number of anilines is 1. The first-order valence-electron chi connectivity index (χ1n) is 16.1. The zero-order valence-corrected chi connectivity index (χ0v) is 25.8. The Hall–Kier alpha value is -3.74. The Bertz CT molecular complexity index is 1780. The minimum absolute atomic E-state index is 0.0321. The van der Waals surface area contributed by atoms with Crippen LogP contribution in [0.5, 0.6) is 11.8 Å². The normalized spacial score (nSPS) is 23.7. The van der Waals surface area contributed by atoms with Gasteiger partial charge in [-0.1, -0.05) is 13.0 Å². The molecule has 0 aliphatic carbocycles. The van der Waals surface area contributed by atoms with E-state index >= 15 is 4.39 Å². The van der Waals surface area contributed by atoms with E-state index in [4.69, 9.17) is 14.5 Å². The third kappa shape index (κ3) is 5.50. The summed E-state index contributed by atoms with van der Waals surface area (Å²) >= 11 is 0. The van der Waals surface area contributed by atoms with Gasteiger partial charge in [0.05, 0.1) is 17.0 Å². The maximum absolute atomic E-state index is 16.8. The van der Waals surface area contributed by atoms with Crippen LogP contribution in [0.1, 0.15) is 44.6 Å². The number of phenols is 1. The maximum atomic E-state index is 16.8. The summed E-state index contributed by atoms with van der Waals surface area (Å²) in [5.74, 6) is -0.866. The van der Waals surface area contributed by atoms with Crippen molar-refractivity contribution in [2.24, 2.45) is 0 Å². The second-order valence-electron chi connectivity index (χ2n) is 12.7. The van der Waals surface area contributed by atoms with Crippen molar-refractivity contribution < 1.29 is 32.9 Å². The van der Waals surface area contributed by atoms with Crippen molar-refractivity contribution in [2.45, 2.75) is 63.3 Å². The Morgan fingerprint density at radius 3 is 2.83 bits per heavy atom. The van der Waals surface area contributed by atoms with Crippen molar-refractivity contribution in [1.82, 2.24) is 19.9 Å². The number of alkyl halides is 1. The molecule has 0 spiro atoms. The lowest BCUT2D eigenvalue weighted by atomic mass is 9.94. The van der Waals surface area contributed by atoms with Crippen LogP contribution >= 0.6 is 0 Å². The molecular formula is C34H38F3N5O4. The number of fused-ring (bicyclic) bond motifs is 3. The van der Waals surface area contributed by atoms with Crippen molar-refractivity contribution in [2.75, 3.05) is 50.9 Å². The van der Waals surface area contributed by atoms with Crippen molar-refractivity contribution in [3.8, 4) is 23.0 Å².